The lowest BCUT2D eigenvalue weighted by Crippen LogP contribution is -2.46. The van der Waals surface area contributed by atoms with Gasteiger partial charge in [-0.25, -0.2) is 0 Å². The summed E-state index contributed by atoms with van der Waals surface area (Å²) in [7, 11) is 0. The van der Waals surface area contributed by atoms with Crippen LogP contribution in [-0.4, -0.2) is 23.7 Å². The number of nitrogens with zero attached hydrogens (tertiary/aromatic N) is 1. The van der Waals surface area contributed by atoms with Gasteiger partial charge in [-0.15, -0.1) is 0 Å². The van der Waals surface area contributed by atoms with Crippen molar-refractivity contribution < 1.29 is 14.6 Å². The molecular weight excluding hydrogens is 302 g/mol. The lowest BCUT2D eigenvalue weighted by molar-refractivity contribution is -0.126. The fourth-order valence-electron chi connectivity index (χ4n) is 2.61. The van der Waals surface area contributed by atoms with Crippen LogP contribution in [0.15, 0.2) is 42.5 Å². The molecule has 2 aromatic rings. The monoisotopic (exact) mass is 317 g/mol. The minimum absolute atomic E-state index is 0.0735. The highest BCUT2D eigenvalue weighted by Gasteiger charge is 2.33. The van der Waals surface area contributed by atoms with Crippen molar-refractivity contribution in [3.05, 3.63) is 53.1 Å². The van der Waals surface area contributed by atoms with Crippen LogP contribution in [0.4, 0.5) is 5.69 Å². The number of fused-ring (bicyclic) bond motifs is 1. The Labute approximate surface area is 133 Å². The molecule has 0 radical (unpaired) electrons. The zero-order chi connectivity index (χ0) is 15.7. The van der Waals surface area contributed by atoms with E-state index in [-0.39, 0.29) is 11.7 Å². The maximum absolute atomic E-state index is 12.6. The van der Waals surface area contributed by atoms with Gasteiger partial charge in [-0.2, -0.15) is 0 Å². The molecule has 1 heterocycles. The average Bonchev–Trinajstić information content (AvgIpc) is 2.50. The lowest BCUT2D eigenvalue weighted by Gasteiger charge is -2.33. The fourth-order valence-corrected chi connectivity index (χ4v) is 2.73. The molecule has 22 heavy (non-hydrogen) atoms. The number of hydrogen-bond acceptors (Lipinski definition) is 3. The summed E-state index contributed by atoms with van der Waals surface area (Å²) < 4.78 is 5.81. The van der Waals surface area contributed by atoms with Crippen molar-refractivity contribution in [2.24, 2.45) is 0 Å². The molecule has 0 bridgehead atoms. The van der Waals surface area contributed by atoms with E-state index in [4.69, 9.17) is 16.3 Å². The second kappa shape index (κ2) is 5.89. The molecule has 0 aromatic heterocycles. The van der Waals surface area contributed by atoms with Crippen LogP contribution in [0.25, 0.3) is 0 Å². The molecule has 1 unspecified atom stereocenters. The Balaban J connectivity index is 1.90. The van der Waals surface area contributed by atoms with Crippen LogP contribution < -0.4 is 9.64 Å². The van der Waals surface area contributed by atoms with Crippen molar-refractivity contribution in [3.63, 3.8) is 0 Å². The van der Waals surface area contributed by atoms with Gasteiger partial charge in [-0.3, -0.25) is 4.79 Å². The Kier molecular flexibility index (Phi) is 3.94. The van der Waals surface area contributed by atoms with Gasteiger partial charge in [0.1, 0.15) is 11.5 Å². The molecule has 0 saturated carbocycles. The summed E-state index contributed by atoms with van der Waals surface area (Å²) in [6.07, 6.45) is -0.142. The maximum atomic E-state index is 12.6. The number of rotatable bonds is 3. The highest BCUT2D eigenvalue weighted by atomic mass is 35.5. The lowest BCUT2D eigenvalue weighted by atomic mass is 10.0. The van der Waals surface area contributed by atoms with Crippen LogP contribution in [0.1, 0.15) is 12.5 Å². The number of phenolic OH excluding ortho intramolecular Hbond substituents is 1. The van der Waals surface area contributed by atoms with Gasteiger partial charge >= 0.3 is 0 Å². The SMILES string of the molecule is CCN1C(=O)C(Cc2ccc(Cl)cc2)Oc2cc(O)ccc21. The molecule has 1 aliphatic rings. The van der Waals surface area contributed by atoms with Crippen LogP contribution in [-0.2, 0) is 11.2 Å². The first-order valence-corrected chi connectivity index (χ1v) is 7.51. The summed E-state index contributed by atoms with van der Waals surface area (Å²) in [5, 5.41) is 10.3. The van der Waals surface area contributed by atoms with E-state index < -0.39 is 6.10 Å². The van der Waals surface area contributed by atoms with Gasteiger partial charge < -0.3 is 14.7 Å². The third-order valence-electron chi connectivity index (χ3n) is 3.70. The third-order valence-corrected chi connectivity index (χ3v) is 3.95. The molecule has 0 spiro atoms. The van der Waals surface area contributed by atoms with E-state index in [2.05, 4.69) is 0 Å². The van der Waals surface area contributed by atoms with Gasteiger partial charge in [-0.05, 0) is 36.8 Å². The van der Waals surface area contributed by atoms with E-state index in [1.54, 1.807) is 35.2 Å². The first kappa shape index (κ1) is 14.7. The molecule has 1 amide bonds. The summed E-state index contributed by atoms with van der Waals surface area (Å²) in [6.45, 7) is 2.47. The van der Waals surface area contributed by atoms with E-state index in [1.807, 2.05) is 19.1 Å². The number of likely N-dealkylation sites (N-methyl/N-ethyl adjacent to an activating group) is 1. The number of aromatic hydroxyl groups is 1. The zero-order valence-corrected chi connectivity index (χ0v) is 12.9. The van der Waals surface area contributed by atoms with Gasteiger partial charge in [-0.1, -0.05) is 23.7 Å². The number of carbonyl (C=O) groups is 1. The van der Waals surface area contributed by atoms with Crippen molar-refractivity contribution in [1.29, 1.82) is 0 Å². The van der Waals surface area contributed by atoms with Crippen molar-refractivity contribution in [3.8, 4) is 11.5 Å². The minimum atomic E-state index is -0.601. The Morgan fingerprint density at radius 1 is 1.23 bits per heavy atom. The Bertz CT molecular complexity index is 700. The maximum Gasteiger partial charge on any atom is 0.268 e. The first-order chi connectivity index (χ1) is 10.6. The number of amides is 1. The van der Waals surface area contributed by atoms with E-state index in [0.717, 1.165) is 5.56 Å². The molecule has 4 nitrogen and oxygen atoms in total. The predicted octanol–water partition coefficient (Wildman–Crippen LogP) is 3.40. The van der Waals surface area contributed by atoms with Crippen LogP contribution in [0, 0.1) is 0 Å². The van der Waals surface area contributed by atoms with E-state index in [9.17, 15) is 9.90 Å². The van der Waals surface area contributed by atoms with E-state index >= 15 is 0 Å². The van der Waals surface area contributed by atoms with Crippen molar-refractivity contribution >= 4 is 23.2 Å². The second-order valence-electron chi connectivity index (χ2n) is 5.17. The van der Waals surface area contributed by atoms with E-state index in [0.29, 0.717) is 29.4 Å². The van der Waals surface area contributed by atoms with Crippen molar-refractivity contribution in [2.75, 3.05) is 11.4 Å². The number of halogens is 1. The van der Waals surface area contributed by atoms with Crippen LogP contribution >= 0.6 is 11.6 Å². The predicted molar refractivity (Wildman–Crippen MR) is 85.7 cm³/mol. The summed E-state index contributed by atoms with van der Waals surface area (Å²) in [5.74, 6) is 0.574. The normalized spacial score (nSPS) is 17.1. The molecule has 0 fully saturated rings. The summed E-state index contributed by atoms with van der Waals surface area (Å²) in [6, 6.07) is 12.1. The van der Waals surface area contributed by atoms with Crippen LogP contribution in [0.3, 0.4) is 0 Å². The highest BCUT2D eigenvalue weighted by molar-refractivity contribution is 6.30. The molecule has 0 saturated heterocycles. The largest absolute Gasteiger partial charge is 0.508 e. The molecule has 114 valence electrons. The first-order valence-electron chi connectivity index (χ1n) is 7.14. The molecule has 2 aromatic carbocycles. The third kappa shape index (κ3) is 2.74. The number of anilines is 1. The molecule has 3 rings (SSSR count). The topological polar surface area (TPSA) is 49.8 Å². The minimum Gasteiger partial charge on any atom is -0.508 e. The van der Waals surface area contributed by atoms with E-state index in [1.165, 1.54) is 0 Å². The van der Waals surface area contributed by atoms with Gasteiger partial charge in [0, 0.05) is 24.1 Å². The standard InChI is InChI=1S/C17H16ClNO3/c1-2-19-14-8-7-13(20)10-15(14)22-16(17(19)21)9-11-3-5-12(18)6-4-11/h3-8,10,16,20H,2,9H2,1H3. The summed E-state index contributed by atoms with van der Waals surface area (Å²) >= 11 is 5.88. The van der Waals surface area contributed by atoms with Crippen LogP contribution in [0.5, 0.6) is 11.5 Å². The highest BCUT2D eigenvalue weighted by Crippen LogP contribution is 2.37. The molecule has 1 atom stereocenters. The quantitative estimate of drug-likeness (QED) is 0.944. The Morgan fingerprint density at radius 2 is 1.95 bits per heavy atom. The number of carbonyl (C=O) groups excluding carboxylic acids is 1. The molecule has 0 aliphatic carbocycles. The molecule has 1 aliphatic heterocycles. The number of ether oxygens (including phenoxy) is 1. The second-order valence-corrected chi connectivity index (χ2v) is 5.61. The number of phenols is 1. The van der Waals surface area contributed by atoms with Gasteiger partial charge in [0.2, 0.25) is 0 Å². The van der Waals surface area contributed by atoms with Crippen LogP contribution in [0.2, 0.25) is 5.02 Å². The van der Waals surface area contributed by atoms with Crippen molar-refractivity contribution in [2.45, 2.75) is 19.4 Å². The summed E-state index contributed by atoms with van der Waals surface area (Å²) in [4.78, 5) is 14.3. The van der Waals surface area contributed by atoms with Gasteiger partial charge in [0.05, 0.1) is 5.69 Å². The number of hydrogen-bond donors (Lipinski definition) is 1. The zero-order valence-electron chi connectivity index (χ0n) is 12.1. The summed E-state index contributed by atoms with van der Waals surface area (Å²) in [5.41, 5.74) is 1.67. The molecular formula is C17H16ClNO3. The fraction of sp³-hybridized carbons (Fsp3) is 0.235. The van der Waals surface area contributed by atoms with Gasteiger partial charge in [0.25, 0.3) is 5.91 Å². The van der Waals surface area contributed by atoms with Crippen molar-refractivity contribution in [1.82, 2.24) is 0 Å². The Hall–Kier alpha value is -2.20. The average molecular weight is 318 g/mol. The molecule has 1 N–H and O–H groups in total. The molecule has 5 heteroatoms. The number of benzene rings is 2. The van der Waals surface area contributed by atoms with Gasteiger partial charge in [0.15, 0.2) is 6.10 Å². The smallest absolute Gasteiger partial charge is 0.268 e. The Morgan fingerprint density at radius 3 is 2.64 bits per heavy atom.